The van der Waals surface area contributed by atoms with Gasteiger partial charge in [0.1, 0.15) is 5.75 Å². The molecule has 0 saturated carbocycles. The summed E-state index contributed by atoms with van der Waals surface area (Å²) in [5.74, 6) is 0.296. The van der Waals surface area contributed by atoms with Crippen molar-refractivity contribution in [3.05, 3.63) is 65.2 Å². The van der Waals surface area contributed by atoms with Crippen LogP contribution in [0.2, 0.25) is 0 Å². The van der Waals surface area contributed by atoms with E-state index in [2.05, 4.69) is 10.1 Å². The summed E-state index contributed by atoms with van der Waals surface area (Å²) in [5.41, 5.74) is 2.56. The van der Waals surface area contributed by atoms with Gasteiger partial charge in [0.15, 0.2) is 0 Å². The Labute approximate surface area is 141 Å². The van der Waals surface area contributed by atoms with Crippen LogP contribution in [0.25, 0.3) is 0 Å². The number of esters is 1. The first-order chi connectivity index (χ1) is 11.6. The molecule has 0 spiro atoms. The van der Waals surface area contributed by atoms with E-state index in [1.54, 1.807) is 24.3 Å². The molecule has 0 bridgehead atoms. The Morgan fingerprint density at radius 1 is 1.00 bits per heavy atom. The Hall–Kier alpha value is -2.82. The number of carbonyl (C=O) groups excluding carboxylic acids is 2. The molecule has 2 aromatic carbocycles. The summed E-state index contributed by atoms with van der Waals surface area (Å²) in [4.78, 5) is 23.2. The molecule has 5 nitrogen and oxygen atoms in total. The summed E-state index contributed by atoms with van der Waals surface area (Å²) in [6.45, 7) is 2.75. The van der Waals surface area contributed by atoms with Crippen molar-refractivity contribution >= 4 is 11.9 Å². The van der Waals surface area contributed by atoms with Gasteiger partial charge in [-0.05, 0) is 36.8 Å². The molecule has 0 saturated heterocycles. The molecule has 0 aliphatic heterocycles. The van der Waals surface area contributed by atoms with Crippen molar-refractivity contribution in [1.82, 2.24) is 5.32 Å². The Morgan fingerprint density at radius 2 is 1.67 bits per heavy atom. The molecule has 2 aromatic rings. The normalized spacial score (nSPS) is 10.1. The summed E-state index contributed by atoms with van der Waals surface area (Å²) < 4.78 is 10.2. The quantitative estimate of drug-likeness (QED) is 0.794. The molecule has 0 unspecified atom stereocenters. The van der Waals surface area contributed by atoms with Crippen LogP contribution in [0.3, 0.4) is 0 Å². The molecular weight excluding hydrogens is 306 g/mol. The first kappa shape index (κ1) is 17.5. The maximum Gasteiger partial charge on any atom is 0.337 e. The van der Waals surface area contributed by atoms with Crippen LogP contribution in [0.4, 0.5) is 0 Å². The molecule has 0 fully saturated rings. The van der Waals surface area contributed by atoms with Gasteiger partial charge in [0, 0.05) is 6.54 Å². The maximum atomic E-state index is 11.8. The zero-order valence-corrected chi connectivity index (χ0v) is 13.9. The second kappa shape index (κ2) is 8.72. The smallest absolute Gasteiger partial charge is 0.337 e. The van der Waals surface area contributed by atoms with Gasteiger partial charge in [-0.25, -0.2) is 4.79 Å². The van der Waals surface area contributed by atoms with E-state index in [0.717, 1.165) is 11.3 Å². The fourth-order valence-electron chi connectivity index (χ4n) is 2.06. The van der Waals surface area contributed by atoms with Gasteiger partial charge in [-0.15, -0.1) is 0 Å². The van der Waals surface area contributed by atoms with Crippen molar-refractivity contribution in [2.45, 2.75) is 19.9 Å². The highest BCUT2D eigenvalue weighted by atomic mass is 16.5. The molecule has 0 radical (unpaired) electrons. The summed E-state index contributed by atoms with van der Waals surface area (Å²) in [5, 5.41) is 2.82. The predicted octanol–water partition coefficient (Wildman–Crippen LogP) is 2.87. The summed E-state index contributed by atoms with van der Waals surface area (Å²) >= 11 is 0. The highest BCUT2D eigenvalue weighted by molar-refractivity contribution is 5.89. The lowest BCUT2D eigenvalue weighted by atomic mass is 10.1. The minimum absolute atomic E-state index is 0.0841. The molecule has 0 aliphatic carbocycles. The van der Waals surface area contributed by atoms with Crippen LogP contribution in [0, 0.1) is 6.92 Å². The van der Waals surface area contributed by atoms with Crippen LogP contribution in [0.1, 0.15) is 27.9 Å². The van der Waals surface area contributed by atoms with Crippen molar-refractivity contribution in [2.75, 3.05) is 13.7 Å². The van der Waals surface area contributed by atoms with E-state index < -0.39 is 0 Å². The fourth-order valence-corrected chi connectivity index (χ4v) is 2.06. The largest absolute Gasteiger partial charge is 0.493 e. The maximum absolute atomic E-state index is 11.8. The molecule has 0 aromatic heterocycles. The predicted molar refractivity (Wildman–Crippen MR) is 90.9 cm³/mol. The van der Waals surface area contributed by atoms with Crippen LogP contribution >= 0.6 is 0 Å². The third-order valence-electron chi connectivity index (χ3n) is 3.48. The molecule has 24 heavy (non-hydrogen) atoms. The van der Waals surface area contributed by atoms with Gasteiger partial charge in [-0.2, -0.15) is 0 Å². The Bertz CT molecular complexity index is 678. The molecule has 5 heteroatoms. The van der Waals surface area contributed by atoms with Gasteiger partial charge in [0.05, 0.1) is 25.7 Å². The zero-order valence-electron chi connectivity index (χ0n) is 13.9. The third-order valence-corrected chi connectivity index (χ3v) is 3.48. The number of rotatable bonds is 7. The van der Waals surface area contributed by atoms with Crippen molar-refractivity contribution in [2.24, 2.45) is 0 Å². The number of carbonyl (C=O) groups is 2. The highest BCUT2D eigenvalue weighted by Crippen LogP contribution is 2.11. The van der Waals surface area contributed by atoms with Crippen molar-refractivity contribution in [1.29, 1.82) is 0 Å². The van der Waals surface area contributed by atoms with Gasteiger partial charge in [-0.1, -0.05) is 29.8 Å². The van der Waals surface area contributed by atoms with E-state index in [1.807, 2.05) is 31.2 Å². The van der Waals surface area contributed by atoms with E-state index in [-0.39, 0.29) is 18.3 Å². The van der Waals surface area contributed by atoms with Crippen molar-refractivity contribution < 1.29 is 19.1 Å². The van der Waals surface area contributed by atoms with E-state index in [4.69, 9.17) is 4.74 Å². The molecule has 1 amide bonds. The van der Waals surface area contributed by atoms with Crippen LogP contribution in [-0.4, -0.2) is 25.6 Å². The second-order valence-corrected chi connectivity index (χ2v) is 5.38. The number of hydrogen-bond acceptors (Lipinski definition) is 4. The first-order valence-electron chi connectivity index (χ1n) is 7.72. The van der Waals surface area contributed by atoms with E-state index in [0.29, 0.717) is 18.7 Å². The molecule has 2 rings (SSSR count). The monoisotopic (exact) mass is 327 g/mol. The summed E-state index contributed by atoms with van der Waals surface area (Å²) in [6, 6.07) is 14.6. The minimum atomic E-state index is -0.376. The standard InChI is InChI=1S/C19H21NO4/c1-14-3-9-17(10-4-14)24-12-11-18(21)20-13-15-5-7-16(8-6-15)19(22)23-2/h3-10H,11-13H2,1-2H3,(H,20,21). The first-order valence-corrected chi connectivity index (χ1v) is 7.72. The van der Waals surface area contributed by atoms with Crippen LogP contribution < -0.4 is 10.1 Å². The highest BCUT2D eigenvalue weighted by Gasteiger charge is 2.06. The van der Waals surface area contributed by atoms with Gasteiger partial charge in [0.25, 0.3) is 0 Å². The molecular formula is C19H21NO4. The lowest BCUT2D eigenvalue weighted by molar-refractivity contribution is -0.121. The number of hydrogen-bond donors (Lipinski definition) is 1. The lowest BCUT2D eigenvalue weighted by Crippen LogP contribution is -2.24. The van der Waals surface area contributed by atoms with Gasteiger partial charge in [0.2, 0.25) is 5.91 Å². The topological polar surface area (TPSA) is 64.6 Å². The molecule has 1 N–H and O–H groups in total. The SMILES string of the molecule is COC(=O)c1ccc(CNC(=O)CCOc2ccc(C)cc2)cc1. The molecule has 0 aliphatic rings. The zero-order chi connectivity index (χ0) is 17.4. The average molecular weight is 327 g/mol. The van der Waals surface area contributed by atoms with Gasteiger partial charge in [-0.3, -0.25) is 4.79 Å². The third kappa shape index (κ3) is 5.43. The molecule has 126 valence electrons. The molecule has 0 atom stereocenters. The Morgan fingerprint density at radius 3 is 2.29 bits per heavy atom. The van der Waals surface area contributed by atoms with Crippen molar-refractivity contribution in [3.8, 4) is 5.75 Å². The Kier molecular flexibility index (Phi) is 6.37. The number of methoxy groups -OCH3 is 1. The summed E-state index contributed by atoms with van der Waals surface area (Å²) in [6.07, 6.45) is 0.286. The summed E-state index contributed by atoms with van der Waals surface area (Å²) in [7, 11) is 1.34. The number of aryl methyl sites for hydroxylation is 1. The van der Waals surface area contributed by atoms with Crippen LogP contribution in [0.5, 0.6) is 5.75 Å². The average Bonchev–Trinajstić information content (AvgIpc) is 2.61. The van der Waals surface area contributed by atoms with E-state index >= 15 is 0 Å². The van der Waals surface area contributed by atoms with Crippen molar-refractivity contribution in [3.63, 3.8) is 0 Å². The van der Waals surface area contributed by atoms with E-state index in [1.165, 1.54) is 12.7 Å². The van der Waals surface area contributed by atoms with E-state index in [9.17, 15) is 9.59 Å². The Balaban J connectivity index is 1.71. The fraction of sp³-hybridized carbons (Fsp3) is 0.263. The second-order valence-electron chi connectivity index (χ2n) is 5.38. The van der Waals surface area contributed by atoms with Crippen LogP contribution in [-0.2, 0) is 16.1 Å². The van der Waals surface area contributed by atoms with Gasteiger partial charge >= 0.3 is 5.97 Å². The number of amides is 1. The minimum Gasteiger partial charge on any atom is -0.493 e. The van der Waals surface area contributed by atoms with Gasteiger partial charge < -0.3 is 14.8 Å². The number of ether oxygens (including phenoxy) is 2. The number of benzene rings is 2. The molecule has 0 heterocycles. The number of nitrogens with one attached hydrogen (secondary N) is 1. The van der Waals surface area contributed by atoms with Crippen LogP contribution in [0.15, 0.2) is 48.5 Å². The lowest BCUT2D eigenvalue weighted by Gasteiger charge is -2.08.